The van der Waals surface area contributed by atoms with Crippen LogP contribution in [0.3, 0.4) is 0 Å². The lowest BCUT2D eigenvalue weighted by atomic mass is 10.2. The third-order valence-electron chi connectivity index (χ3n) is 3.34. The first kappa shape index (κ1) is 20.7. The van der Waals surface area contributed by atoms with Crippen molar-refractivity contribution in [3.63, 3.8) is 0 Å². The third-order valence-corrected chi connectivity index (χ3v) is 4.96. The number of sulfonamides is 1. The predicted molar refractivity (Wildman–Crippen MR) is 104 cm³/mol. The third kappa shape index (κ3) is 6.26. The summed E-state index contributed by atoms with van der Waals surface area (Å²) in [6, 6.07) is 11.8. The van der Waals surface area contributed by atoms with Crippen molar-refractivity contribution < 1.29 is 18.0 Å². The summed E-state index contributed by atoms with van der Waals surface area (Å²) in [5.41, 5.74) is 0.434. The summed E-state index contributed by atoms with van der Waals surface area (Å²) < 4.78 is 27.5. The SMILES string of the molecule is CC(C)NC(=O)CNC(=O)c1cccc(S(=O)(=O)Nc2cccc(Cl)c2)c1. The molecular weight excluding hydrogens is 390 g/mol. The second-order valence-electron chi connectivity index (χ2n) is 6.05. The van der Waals surface area contributed by atoms with Crippen LogP contribution in [0, 0.1) is 0 Å². The van der Waals surface area contributed by atoms with Crippen LogP contribution in [0.15, 0.2) is 53.4 Å². The van der Waals surface area contributed by atoms with Crippen molar-refractivity contribution in [3.05, 3.63) is 59.1 Å². The van der Waals surface area contributed by atoms with E-state index in [1.807, 2.05) is 0 Å². The standard InChI is InChI=1S/C18H20ClN3O4S/c1-12(2)21-17(23)11-20-18(24)13-5-3-8-16(9-13)27(25,26)22-15-7-4-6-14(19)10-15/h3-10,12,22H,11H2,1-2H3,(H,20,24)(H,21,23). The van der Waals surface area contributed by atoms with Crippen LogP contribution in [0.25, 0.3) is 0 Å². The Morgan fingerprint density at radius 3 is 2.44 bits per heavy atom. The lowest BCUT2D eigenvalue weighted by Crippen LogP contribution is -2.39. The second kappa shape index (κ2) is 8.88. The van der Waals surface area contributed by atoms with E-state index < -0.39 is 15.9 Å². The van der Waals surface area contributed by atoms with Gasteiger partial charge in [-0.2, -0.15) is 0 Å². The highest BCUT2D eigenvalue weighted by molar-refractivity contribution is 7.92. The molecule has 2 aromatic carbocycles. The monoisotopic (exact) mass is 409 g/mol. The summed E-state index contributed by atoms with van der Waals surface area (Å²) in [4.78, 5) is 23.7. The molecule has 0 atom stereocenters. The van der Waals surface area contributed by atoms with Crippen LogP contribution >= 0.6 is 11.6 Å². The fourth-order valence-corrected chi connectivity index (χ4v) is 3.49. The Hall–Kier alpha value is -2.58. The minimum absolute atomic E-state index is 0.0413. The molecule has 0 saturated carbocycles. The van der Waals surface area contributed by atoms with Crippen LogP contribution in [-0.4, -0.2) is 32.8 Å². The van der Waals surface area contributed by atoms with Gasteiger partial charge in [0.25, 0.3) is 15.9 Å². The lowest BCUT2D eigenvalue weighted by molar-refractivity contribution is -0.120. The van der Waals surface area contributed by atoms with Gasteiger partial charge in [-0.1, -0.05) is 23.7 Å². The van der Waals surface area contributed by atoms with Gasteiger partial charge in [0.05, 0.1) is 17.1 Å². The smallest absolute Gasteiger partial charge is 0.261 e. The zero-order valence-electron chi connectivity index (χ0n) is 14.8. The van der Waals surface area contributed by atoms with Gasteiger partial charge in [0, 0.05) is 16.6 Å². The van der Waals surface area contributed by atoms with Gasteiger partial charge in [-0.25, -0.2) is 8.42 Å². The van der Waals surface area contributed by atoms with E-state index in [2.05, 4.69) is 15.4 Å². The Morgan fingerprint density at radius 2 is 1.78 bits per heavy atom. The largest absolute Gasteiger partial charge is 0.352 e. The van der Waals surface area contributed by atoms with E-state index in [1.165, 1.54) is 30.3 Å². The van der Waals surface area contributed by atoms with Crippen LogP contribution in [0.1, 0.15) is 24.2 Å². The molecule has 2 amide bonds. The Morgan fingerprint density at radius 1 is 1.07 bits per heavy atom. The minimum atomic E-state index is -3.90. The fourth-order valence-electron chi connectivity index (χ4n) is 2.21. The van der Waals surface area contributed by atoms with Gasteiger partial charge in [-0.3, -0.25) is 14.3 Å². The first-order valence-corrected chi connectivity index (χ1v) is 9.99. The van der Waals surface area contributed by atoms with Gasteiger partial charge < -0.3 is 10.6 Å². The van der Waals surface area contributed by atoms with Crippen molar-refractivity contribution >= 4 is 39.1 Å². The average Bonchev–Trinajstić information content (AvgIpc) is 2.59. The summed E-state index contributed by atoms with van der Waals surface area (Å²) in [7, 11) is -3.90. The van der Waals surface area contributed by atoms with Crippen molar-refractivity contribution in [2.75, 3.05) is 11.3 Å². The minimum Gasteiger partial charge on any atom is -0.352 e. The molecule has 0 aliphatic rings. The Labute approximate surface area is 163 Å². The first-order chi connectivity index (χ1) is 12.7. The molecule has 27 heavy (non-hydrogen) atoms. The molecule has 2 rings (SSSR count). The van der Waals surface area contributed by atoms with E-state index in [4.69, 9.17) is 11.6 Å². The number of rotatable bonds is 7. The molecule has 0 bridgehead atoms. The van der Waals surface area contributed by atoms with E-state index >= 15 is 0 Å². The fraction of sp³-hybridized carbons (Fsp3) is 0.222. The number of benzene rings is 2. The van der Waals surface area contributed by atoms with Gasteiger partial charge in [0.2, 0.25) is 5.91 Å². The van der Waals surface area contributed by atoms with Crippen LogP contribution < -0.4 is 15.4 Å². The molecule has 0 saturated heterocycles. The zero-order valence-corrected chi connectivity index (χ0v) is 16.4. The number of anilines is 1. The van der Waals surface area contributed by atoms with Crippen molar-refractivity contribution in [2.45, 2.75) is 24.8 Å². The summed E-state index contributed by atoms with van der Waals surface area (Å²) in [5.74, 6) is -0.876. The van der Waals surface area contributed by atoms with Crippen molar-refractivity contribution in [2.24, 2.45) is 0 Å². The Bertz CT molecular complexity index is 945. The molecule has 0 unspecified atom stereocenters. The molecular formula is C18H20ClN3O4S. The summed E-state index contributed by atoms with van der Waals surface area (Å²) in [6.45, 7) is 3.41. The summed E-state index contributed by atoms with van der Waals surface area (Å²) >= 11 is 5.86. The van der Waals surface area contributed by atoms with Crippen LogP contribution in [0.2, 0.25) is 5.02 Å². The highest BCUT2D eigenvalue weighted by Crippen LogP contribution is 2.20. The maximum absolute atomic E-state index is 12.5. The maximum atomic E-state index is 12.5. The number of amides is 2. The number of carbonyl (C=O) groups excluding carboxylic acids is 2. The van der Waals surface area contributed by atoms with E-state index in [1.54, 1.807) is 32.0 Å². The van der Waals surface area contributed by atoms with Gasteiger partial charge in [0.15, 0.2) is 0 Å². The second-order valence-corrected chi connectivity index (χ2v) is 8.17. The van der Waals surface area contributed by atoms with Crippen molar-refractivity contribution in [1.29, 1.82) is 0 Å². The molecule has 0 aromatic heterocycles. The average molecular weight is 410 g/mol. The molecule has 0 aliphatic heterocycles. The van der Waals surface area contributed by atoms with Gasteiger partial charge in [-0.15, -0.1) is 0 Å². The highest BCUT2D eigenvalue weighted by atomic mass is 35.5. The molecule has 0 radical (unpaired) electrons. The topological polar surface area (TPSA) is 104 Å². The molecule has 0 aliphatic carbocycles. The maximum Gasteiger partial charge on any atom is 0.261 e. The van der Waals surface area contributed by atoms with Crippen molar-refractivity contribution in [1.82, 2.24) is 10.6 Å². The Balaban J connectivity index is 2.11. The summed E-state index contributed by atoms with van der Waals surface area (Å²) in [6.07, 6.45) is 0. The first-order valence-electron chi connectivity index (χ1n) is 8.13. The molecule has 144 valence electrons. The van der Waals surface area contributed by atoms with E-state index in [-0.39, 0.29) is 29.0 Å². The molecule has 7 nitrogen and oxygen atoms in total. The number of hydrogen-bond acceptors (Lipinski definition) is 4. The highest BCUT2D eigenvalue weighted by Gasteiger charge is 2.17. The molecule has 0 spiro atoms. The molecule has 3 N–H and O–H groups in total. The molecule has 9 heteroatoms. The van der Waals surface area contributed by atoms with Crippen LogP contribution in [0.5, 0.6) is 0 Å². The quantitative estimate of drug-likeness (QED) is 0.653. The number of halogens is 1. The summed E-state index contributed by atoms with van der Waals surface area (Å²) in [5, 5.41) is 5.49. The van der Waals surface area contributed by atoms with E-state index in [9.17, 15) is 18.0 Å². The van der Waals surface area contributed by atoms with Crippen LogP contribution in [-0.2, 0) is 14.8 Å². The predicted octanol–water partition coefficient (Wildman–Crippen LogP) is 2.40. The van der Waals surface area contributed by atoms with Gasteiger partial charge in [0.1, 0.15) is 0 Å². The zero-order chi connectivity index (χ0) is 20.0. The Kier molecular flexibility index (Phi) is 6.81. The normalized spacial score (nSPS) is 11.1. The van der Waals surface area contributed by atoms with Crippen LogP contribution in [0.4, 0.5) is 5.69 Å². The lowest BCUT2D eigenvalue weighted by Gasteiger charge is -2.11. The van der Waals surface area contributed by atoms with E-state index in [0.717, 1.165) is 0 Å². The molecule has 2 aromatic rings. The van der Waals surface area contributed by atoms with Crippen molar-refractivity contribution in [3.8, 4) is 0 Å². The molecule has 0 fully saturated rings. The molecule has 0 heterocycles. The number of hydrogen-bond donors (Lipinski definition) is 3. The van der Waals surface area contributed by atoms with Gasteiger partial charge >= 0.3 is 0 Å². The van der Waals surface area contributed by atoms with E-state index in [0.29, 0.717) is 10.7 Å². The number of carbonyl (C=O) groups is 2. The van der Waals surface area contributed by atoms with Gasteiger partial charge in [-0.05, 0) is 50.2 Å². The number of nitrogens with one attached hydrogen (secondary N) is 3.